The summed E-state index contributed by atoms with van der Waals surface area (Å²) in [5.41, 5.74) is 2.77. The maximum atomic E-state index is 12.3. The topological polar surface area (TPSA) is 76.0 Å². The molecule has 0 atom stereocenters. The van der Waals surface area contributed by atoms with Crippen LogP contribution < -0.4 is 10.2 Å². The van der Waals surface area contributed by atoms with Gasteiger partial charge in [-0.25, -0.2) is 4.79 Å². The molecule has 1 saturated heterocycles. The van der Waals surface area contributed by atoms with Crippen molar-refractivity contribution in [2.45, 2.75) is 6.92 Å². The molecule has 1 heterocycles. The fourth-order valence-electron chi connectivity index (χ4n) is 2.86. The molecule has 1 fully saturated rings. The standard InChI is InChI=1S/C18H21N3O3/c1-13-3-2-4-15(9-13)20-5-7-21(8-6-20)18(24)19-14-10-16(22)12-17(23)11-14/h2-4,9-12,22-23H,5-8H2,1H3,(H,19,24). The van der Waals surface area contributed by atoms with Crippen LogP contribution in [0.2, 0.25) is 0 Å². The van der Waals surface area contributed by atoms with Crippen molar-refractivity contribution in [2.24, 2.45) is 0 Å². The SMILES string of the molecule is Cc1cccc(N2CCN(C(=O)Nc3cc(O)cc(O)c3)CC2)c1. The van der Waals surface area contributed by atoms with Crippen LogP contribution in [0.15, 0.2) is 42.5 Å². The molecule has 0 radical (unpaired) electrons. The predicted octanol–water partition coefficient (Wildman–Crippen LogP) is 2.76. The number of phenolic OH excluding ortho intramolecular Hbond substituents is 2. The van der Waals surface area contributed by atoms with Gasteiger partial charge in [0.1, 0.15) is 11.5 Å². The second-order valence-corrected chi connectivity index (χ2v) is 5.98. The predicted molar refractivity (Wildman–Crippen MR) is 93.8 cm³/mol. The number of benzene rings is 2. The Bertz CT molecular complexity index is 720. The summed E-state index contributed by atoms with van der Waals surface area (Å²) >= 11 is 0. The lowest BCUT2D eigenvalue weighted by atomic mass is 10.2. The molecule has 6 heteroatoms. The van der Waals surface area contributed by atoms with Gasteiger partial charge in [0.2, 0.25) is 0 Å². The Kier molecular flexibility index (Phi) is 4.46. The maximum absolute atomic E-state index is 12.3. The molecule has 2 aromatic rings. The van der Waals surface area contributed by atoms with Crippen LogP contribution in [-0.4, -0.2) is 47.3 Å². The van der Waals surface area contributed by atoms with Crippen molar-refractivity contribution >= 4 is 17.4 Å². The lowest BCUT2D eigenvalue weighted by Crippen LogP contribution is -2.50. The van der Waals surface area contributed by atoms with Crippen LogP contribution in [0.1, 0.15) is 5.56 Å². The van der Waals surface area contributed by atoms with E-state index in [4.69, 9.17) is 0 Å². The number of carbonyl (C=O) groups is 1. The van der Waals surface area contributed by atoms with Crippen molar-refractivity contribution < 1.29 is 15.0 Å². The number of nitrogens with one attached hydrogen (secondary N) is 1. The molecule has 0 unspecified atom stereocenters. The third-order valence-corrected chi connectivity index (χ3v) is 4.09. The van der Waals surface area contributed by atoms with Crippen LogP contribution in [0.3, 0.4) is 0 Å². The smallest absolute Gasteiger partial charge is 0.321 e. The average molecular weight is 327 g/mol. The first-order valence-corrected chi connectivity index (χ1v) is 7.92. The number of urea groups is 1. The molecule has 0 saturated carbocycles. The third kappa shape index (κ3) is 3.71. The number of piperazine rings is 1. The highest BCUT2D eigenvalue weighted by atomic mass is 16.3. The number of hydrogen-bond acceptors (Lipinski definition) is 4. The van der Waals surface area contributed by atoms with Crippen molar-refractivity contribution in [3.8, 4) is 11.5 Å². The number of rotatable bonds is 2. The summed E-state index contributed by atoms with van der Waals surface area (Å²) in [7, 11) is 0. The van der Waals surface area contributed by atoms with Gasteiger partial charge in [0, 0.05) is 55.8 Å². The van der Waals surface area contributed by atoms with Crippen LogP contribution in [0.25, 0.3) is 0 Å². The molecule has 0 aromatic heterocycles. The van der Waals surface area contributed by atoms with Crippen molar-refractivity contribution in [1.82, 2.24) is 4.90 Å². The summed E-state index contributed by atoms with van der Waals surface area (Å²) in [4.78, 5) is 16.3. The van der Waals surface area contributed by atoms with Crippen molar-refractivity contribution in [1.29, 1.82) is 0 Å². The summed E-state index contributed by atoms with van der Waals surface area (Å²) in [6.07, 6.45) is 0. The van der Waals surface area contributed by atoms with E-state index in [-0.39, 0.29) is 17.5 Å². The largest absolute Gasteiger partial charge is 0.508 e. The van der Waals surface area contributed by atoms with Gasteiger partial charge < -0.3 is 25.3 Å². The fourth-order valence-corrected chi connectivity index (χ4v) is 2.86. The Morgan fingerprint density at radius 2 is 1.67 bits per heavy atom. The van der Waals surface area contributed by atoms with Gasteiger partial charge in [0.05, 0.1) is 0 Å². The first-order valence-electron chi connectivity index (χ1n) is 7.92. The van der Waals surface area contributed by atoms with Gasteiger partial charge >= 0.3 is 6.03 Å². The highest BCUT2D eigenvalue weighted by Gasteiger charge is 2.21. The molecule has 3 N–H and O–H groups in total. The number of anilines is 2. The molecule has 24 heavy (non-hydrogen) atoms. The van der Waals surface area contributed by atoms with Crippen molar-refractivity contribution in [3.63, 3.8) is 0 Å². The Morgan fingerprint density at radius 3 is 2.29 bits per heavy atom. The van der Waals surface area contributed by atoms with Gasteiger partial charge in [0.15, 0.2) is 0 Å². The number of carbonyl (C=O) groups excluding carboxylic acids is 1. The van der Waals surface area contributed by atoms with Crippen LogP contribution >= 0.6 is 0 Å². The number of nitrogens with zero attached hydrogens (tertiary/aromatic N) is 2. The number of amides is 2. The van der Waals surface area contributed by atoms with E-state index in [9.17, 15) is 15.0 Å². The highest BCUT2D eigenvalue weighted by molar-refractivity contribution is 5.90. The van der Waals surface area contributed by atoms with E-state index in [1.54, 1.807) is 4.90 Å². The van der Waals surface area contributed by atoms with E-state index < -0.39 is 0 Å². The van der Waals surface area contributed by atoms with E-state index in [1.807, 2.05) is 6.07 Å². The molecule has 126 valence electrons. The van der Waals surface area contributed by atoms with Crippen LogP contribution in [0.5, 0.6) is 11.5 Å². The zero-order valence-corrected chi connectivity index (χ0v) is 13.6. The molecule has 6 nitrogen and oxygen atoms in total. The summed E-state index contributed by atoms with van der Waals surface area (Å²) in [5.74, 6) is -0.177. The van der Waals surface area contributed by atoms with E-state index in [0.29, 0.717) is 18.8 Å². The highest BCUT2D eigenvalue weighted by Crippen LogP contribution is 2.24. The van der Waals surface area contributed by atoms with E-state index >= 15 is 0 Å². The Morgan fingerprint density at radius 1 is 1.00 bits per heavy atom. The molecule has 0 spiro atoms. The lowest BCUT2D eigenvalue weighted by molar-refractivity contribution is 0.208. The summed E-state index contributed by atoms with van der Waals surface area (Å²) < 4.78 is 0. The molecule has 2 aromatic carbocycles. The molecule has 0 aliphatic carbocycles. The number of aromatic hydroxyl groups is 2. The molecule has 3 rings (SSSR count). The third-order valence-electron chi connectivity index (χ3n) is 4.09. The lowest BCUT2D eigenvalue weighted by Gasteiger charge is -2.36. The average Bonchev–Trinajstić information content (AvgIpc) is 2.54. The molecular weight excluding hydrogens is 306 g/mol. The monoisotopic (exact) mass is 327 g/mol. The van der Waals surface area contributed by atoms with Gasteiger partial charge in [-0.3, -0.25) is 0 Å². The second-order valence-electron chi connectivity index (χ2n) is 5.98. The van der Waals surface area contributed by atoms with E-state index in [0.717, 1.165) is 13.1 Å². The molecule has 2 amide bonds. The fraction of sp³-hybridized carbons (Fsp3) is 0.278. The van der Waals surface area contributed by atoms with Crippen LogP contribution in [0.4, 0.5) is 16.2 Å². The minimum atomic E-state index is -0.233. The summed E-state index contributed by atoms with van der Waals surface area (Å²) in [6, 6.07) is 12.1. The van der Waals surface area contributed by atoms with Gasteiger partial charge in [-0.05, 0) is 24.6 Å². The zero-order chi connectivity index (χ0) is 17.1. The Balaban J connectivity index is 1.59. The van der Waals surface area contributed by atoms with E-state index in [2.05, 4.69) is 35.3 Å². The minimum Gasteiger partial charge on any atom is -0.508 e. The summed E-state index contributed by atoms with van der Waals surface area (Å²) in [6.45, 7) is 4.83. The van der Waals surface area contributed by atoms with Gasteiger partial charge in [-0.2, -0.15) is 0 Å². The van der Waals surface area contributed by atoms with E-state index in [1.165, 1.54) is 29.4 Å². The second kappa shape index (κ2) is 6.70. The van der Waals surface area contributed by atoms with Gasteiger partial charge in [0.25, 0.3) is 0 Å². The zero-order valence-electron chi connectivity index (χ0n) is 13.6. The Hall–Kier alpha value is -2.89. The quantitative estimate of drug-likeness (QED) is 0.793. The van der Waals surface area contributed by atoms with Crippen LogP contribution in [0, 0.1) is 6.92 Å². The normalized spacial score (nSPS) is 14.5. The summed E-state index contributed by atoms with van der Waals surface area (Å²) in [5, 5.41) is 21.6. The number of phenols is 2. The molecule has 1 aliphatic rings. The maximum Gasteiger partial charge on any atom is 0.321 e. The number of hydrogen-bond donors (Lipinski definition) is 3. The number of aryl methyl sites for hydroxylation is 1. The Labute approximate surface area is 140 Å². The van der Waals surface area contributed by atoms with Crippen molar-refractivity contribution in [3.05, 3.63) is 48.0 Å². The minimum absolute atomic E-state index is 0.0884. The van der Waals surface area contributed by atoms with Gasteiger partial charge in [-0.1, -0.05) is 12.1 Å². The van der Waals surface area contributed by atoms with Crippen molar-refractivity contribution in [2.75, 3.05) is 36.4 Å². The molecule has 1 aliphatic heterocycles. The molecule has 0 bridgehead atoms. The van der Waals surface area contributed by atoms with Gasteiger partial charge in [-0.15, -0.1) is 0 Å². The molecular formula is C18H21N3O3. The first kappa shape index (κ1) is 16.0. The first-order chi connectivity index (χ1) is 11.5. The van der Waals surface area contributed by atoms with Crippen LogP contribution in [-0.2, 0) is 0 Å².